The molecule has 1 atom stereocenters. The average molecular weight is 784 g/mol. The topological polar surface area (TPSA) is 109 Å². The Morgan fingerprint density at radius 3 is 2.35 bits per heavy atom. The zero-order chi connectivity index (χ0) is 36.9. The highest BCUT2D eigenvalue weighted by Gasteiger charge is 2.38. The van der Waals surface area contributed by atoms with Crippen LogP contribution in [0.25, 0.3) is 0 Å². The molecule has 2 fully saturated rings. The fraction of sp³-hybridized carbons (Fsp3) is 0.455. The second-order valence-electron chi connectivity index (χ2n) is 12.1. The number of H-pyrrole nitrogens is 1. The van der Waals surface area contributed by atoms with Crippen LogP contribution < -0.4 is 18.8 Å². The molecule has 10 nitrogen and oxygen atoms in total. The highest BCUT2D eigenvalue weighted by Crippen LogP contribution is 2.40. The van der Waals surface area contributed by atoms with Gasteiger partial charge >= 0.3 is 18.8 Å². The second-order valence-corrected chi connectivity index (χ2v) is 14.8. The lowest BCUT2D eigenvalue weighted by molar-refractivity contribution is -0.377. The fourth-order valence-corrected chi connectivity index (χ4v) is 6.89. The summed E-state index contributed by atoms with van der Waals surface area (Å²) in [5, 5.41) is 0.347. The highest BCUT2D eigenvalue weighted by molar-refractivity contribution is 7.92. The molecule has 5 rings (SSSR count). The zero-order valence-electron chi connectivity index (χ0n) is 27.2. The molecule has 51 heavy (non-hydrogen) atoms. The van der Waals surface area contributed by atoms with Crippen molar-refractivity contribution in [2.45, 2.75) is 38.2 Å². The monoisotopic (exact) mass is 782 g/mol. The van der Waals surface area contributed by atoms with Gasteiger partial charge in [-0.05, 0) is 54.7 Å². The number of aromatic amines is 1. The van der Waals surface area contributed by atoms with Crippen LogP contribution >= 0.6 is 23.2 Å². The number of nitrogens with one attached hydrogen (secondary N) is 1. The van der Waals surface area contributed by atoms with Gasteiger partial charge in [0.25, 0.3) is 0 Å². The van der Waals surface area contributed by atoms with Gasteiger partial charge in [-0.25, -0.2) is 18.2 Å². The average Bonchev–Trinajstić information content (AvgIpc) is 3.89. The molecule has 0 unspecified atom stereocenters. The predicted molar refractivity (Wildman–Crippen MR) is 177 cm³/mol. The van der Waals surface area contributed by atoms with Crippen molar-refractivity contribution in [3.63, 3.8) is 0 Å². The van der Waals surface area contributed by atoms with Crippen LogP contribution in [-0.2, 0) is 32.1 Å². The Morgan fingerprint density at radius 1 is 1.06 bits per heavy atom. The summed E-state index contributed by atoms with van der Waals surface area (Å²) < 4.78 is 117. The van der Waals surface area contributed by atoms with E-state index in [1.165, 1.54) is 30.6 Å². The van der Waals surface area contributed by atoms with E-state index >= 15 is 0 Å². The molecular formula is C33H35Cl2F5N3O7S+. The van der Waals surface area contributed by atoms with Crippen molar-refractivity contribution in [2.75, 3.05) is 56.6 Å². The molecule has 1 aliphatic heterocycles. The molecule has 2 aromatic carbocycles. The Morgan fingerprint density at radius 2 is 1.75 bits per heavy atom. The van der Waals surface area contributed by atoms with E-state index in [4.69, 9.17) is 37.4 Å². The number of ether oxygens (including phenoxy) is 4. The van der Waals surface area contributed by atoms with Crippen molar-refractivity contribution >= 4 is 44.9 Å². The molecule has 0 amide bonds. The first-order valence-corrected chi connectivity index (χ1v) is 18.5. The van der Waals surface area contributed by atoms with E-state index in [0.717, 1.165) is 31.2 Å². The zero-order valence-corrected chi connectivity index (χ0v) is 29.6. The molecule has 0 radical (unpaired) electrons. The molecular weight excluding hydrogens is 748 g/mol. The highest BCUT2D eigenvalue weighted by atomic mass is 35.5. The van der Waals surface area contributed by atoms with E-state index in [0.29, 0.717) is 42.2 Å². The van der Waals surface area contributed by atoms with Gasteiger partial charge in [0, 0.05) is 38.2 Å². The number of sulfonamides is 1. The number of pyridine rings is 1. The van der Waals surface area contributed by atoms with Crippen molar-refractivity contribution in [1.82, 2.24) is 4.90 Å². The quantitative estimate of drug-likeness (QED) is 0.128. The van der Waals surface area contributed by atoms with Crippen molar-refractivity contribution in [3.8, 4) is 11.5 Å². The first-order chi connectivity index (χ1) is 24.1. The third kappa shape index (κ3) is 10.6. The Kier molecular flexibility index (Phi) is 12.5. The number of rotatable bonds is 15. The van der Waals surface area contributed by atoms with Gasteiger partial charge in [-0.3, -0.25) is 9.21 Å². The van der Waals surface area contributed by atoms with Crippen molar-refractivity contribution < 1.29 is 59.1 Å². The van der Waals surface area contributed by atoms with Crippen LogP contribution in [0.3, 0.4) is 0 Å². The SMILES string of the molecule is CS(=O)(=O)N(CCN1CCOCC1)c1cc(C(=O)O[C@@H](Cc2c(Cl)c[nH+]cc2Cl)c2ccc(OC(F)F)c(OCC3CC3)c2)ccc1C(F)(F)F. The van der Waals surface area contributed by atoms with Crippen LogP contribution in [0, 0.1) is 5.92 Å². The van der Waals surface area contributed by atoms with Crippen LogP contribution in [0.2, 0.25) is 10.0 Å². The molecule has 1 N–H and O–H groups in total. The second kappa shape index (κ2) is 16.5. The summed E-state index contributed by atoms with van der Waals surface area (Å²) >= 11 is 12.8. The molecule has 1 aromatic heterocycles. The summed E-state index contributed by atoms with van der Waals surface area (Å²) in [6.45, 7) is -1.43. The van der Waals surface area contributed by atoms with E-state index in [1.807, 2.05) is 4.90 Å². The molecule has 2 aliphatic rings. The largest absolute Gasteiger partial charge is 0.489 e. The Balaban J connectivity index is 1.51. The number of esters is 1. The lowest BCUT2D eigenvalue weighted by atomic mass is 10.0. The number of anilines is 1. The van der Waals surface area contributed by atoms with Gasteiger partial charge in [0.1, 0.15) is 16.1 Å². The standard InChI is InChI=1S/C33H34Cl2F5N3O7S/c1-51(45,46)43(9-8-42-10-12-47-13-11-42)27-14-22(4-6-24(27)33(38,39)40)31(44)49-29(16-23-25(34)17-41-18-26(23)35)21-5-7-28(50-32(36)37)30(15-21)48-19-20-2-3-20/h4-7,14-15,17-18,20,29,32H,2-3,8-13,16,19H2,1H3/p+1/t29-/m0/s1. The Hall–Kier alpha value is -3.44. The van der Waals surface area contributed by atoms with Gasteiger partial charge in [0.05, 0.1) is 42.9 Å². The maximum Gasteiger partial charge on any atom is 0.418 e. The summed E-state index contributed by atoms with van der Waals surface area (Å²) in [6, 6.07) is 6.28. The number of benzene rings is 2. The maximum atomic E-state index is 14.3. The number of hydrogen-bond donors (Lipinski definition) is 0. The number of carbonyl (C=O) groups excluding carboxylic acids is 1. The number of alkyl halides is 5. The number of hydrogen-bond acceptors (Lipinski definition) is 8. The summed E-state index contributed by atoms with van der Waals surface area (Å²) in [6.07, 6.45) is -0.900. The molecule has 0 spiro atoms. The minimum absolute atomic E-state index is 0.0415. The van der Waals surface area contributed by atoms with Gasteiger partial charge in [-0.2, -0.15) is 22.0 Å². The van der Waals surface area contributed by atoms with Gasteiger partial charge in [0.15, 0.2) is 23.9 Å². The first-order valence-electron chi connectivity index (χ1n) is 15.9. The van der Waals surface area contributed by atoms with E-state index in [9.17, 15) is 35.2 Å². The Labute approximate surface area is 301 Å². The minimum Gasteiger partial charge on any atom is -0.489 e. The predicted octanol–water partition coefficient (Wildman–Crippen LogP) is 6.46. The lowest BCUT2D eigenvalue weighted by Gasteiger charge is -2.31. The van der Waals surface area contributed by atoms with Crippen LogP contribution in [0.15, 0.2) is 48.8 Å². The van der Waals surface area contributed by atoms with Crippen molar-refractivity contribution in [2.24, 2.45) is 5.92 Å². The van der Waals surface area contributed by atoms with E-state index in [2.05, 4.69) is 9.72 Å². The molecule has 3 aromatic rings. The third-order valence-electron chi connectivity index (χ3n) is 8.29. The molecule has 1 saturated carbocycles. The van der Waals surface area contributed by atoms with Crippen LogP contribution in [-0.4, -0.2) is 78.2 Å². The third-order valence-corrected chi connectivity index (χ3v) is 10.1. The van der Waals surface area contributed by atoms with Gasteiger partial charge in [-0.15, -0.1) is 0 Å². The van der Waals surface area contributed by atoms with E-state index in [1.54, 1.807) is 0 Å². The number of aromatic nitrogens is 1. The molecule has 278 valence electrons. The summed E-state index contributed by atoms with van der Waals surface area (Å²) in [7, 11) is -4.27. The number of nitrogens with zero attached hydrogens (tertiary/aromatic N) is 2. The maximum absolute atomic E-state index is 14.3. The number of halogens is 7. The molecule has 0 bridgehead atoms. The molecule has 2 heterocycles. The lowest BCUT2D eigenvalue weighted by Crippen LogP contribution is -2.43. The van der Waals surface area contributed by atoms with E-state index < -0.39 is 46.1 Å². The van der Waals surface area contributed by atoms with Gasteiger partial charge in [0.2, 0.25) is 10.0 Å². The molecule has 1 aliphatic carbocycles. The van der Waals surface area contributed by atoms with Gasteiger partial charge in [-0.1, -0.05) is 29.3 Å². The molecule has 18 heteroatoms. The summed E-state index contributed by atoms with van der Waals surface area (Å²) in [5.41, 5.74) is -1.83. The van der Waals surface area contributed by atoms with Crippen LogP contribution in [0.4, 0.5) is 27.6 Å². The minimum atomic E-state index is -4.97. The van der Waals surface area contributed by atoms with Crippen LogP contribution in [0.5, 0.6) is 11.5 Å². The van der Waals surface area contributed by atoms with Crippen molar-refractivity contribution in [1.29, 1.82) is 0 Å². The number of carbonyl (C=O) groups is 1. The van der Waals surface area contributed by atoms with E-state index in [-0.39, 0.29) is 64.7 Å². The van der Waals surface area contributed by atoms with Gasteiger partial charge < -0.3 is 18.9 Å². The first kappa shape index (κ1) is 38.8. The number of morpholine rings is 1. The summed E-state index contributed by atoms with van der Waals surface area (Å²) in [4.78, 5) is 18.4. The Bertz CT molecular complexity index is 1790. The summed E-state index contributed by atoms with van der Waals surface area (Å²) in [5.74, 6) is -1.16. The molecule has 1 saturated heterocycles. The smallest absolute Gasteiger partial charge is 0.418 e. The fourth-order valence-electron chi connectivity index (χ4n) is 5.43. The van der Waals surface area contributed by atoms with Crippen molar-refractivity contribution in [3.05, 3.63) is 81.1 Å². The normalized spacial score (nSPS) is 16.2. The van der Waals surface area contributed by atoms with Crippen LogP contribution in [0.1, 0.15) is 46.0 Å².